The largest absolute Gasteiger partial charge is 0.493 e. The standard InChI is InChI=1S/C19H22O6/c1-20-12-25-16-6-4-13(8-17(16)22-3)10-23-18-9-14(19-11-24-19)5-7-15(18)21-2/h4-9,19H,10-12H2,1-3H3. The van der Waals surface area contributed by atoms with Crippen molar-refractivity contribution in [1.29, 1.82) is 0 Å². The minimum atomic E-state index is 0.166. The van der Waals surface area contributed by atoms with Gasteiger partial charge in [-0.3, -0.25) is 0 Å². The fourth-order valence-corrected chi connectivity index (χ4v) is 2.45. The van der Waals surface area contributed by atoms with Crippen molar-refractivity contribution in [3.8, 4) is 23.0 Å². The number of hydrogen-bond acceptors (Lipinski definition) is 6. The normalized spacial score (nSPS) is 15.6. The fourth-order valence-electron chi connectivity index (χ4n) is 2.45. The summed E-state index contributed by atoms with van der Waals surface area (Å²) in [5, 5.41) is 0. The number of rotatable bonds is 9. The summed E-state index contributed by atoms with van der Waals surface area (Å²) in [6.45, 7) is 1.30. The van der Waals surface area contributed by atoms with Crippen molar-refractivity contribution in [2.45, 2.75) is 12.7 Å². The van der Waals surface area contributed by atoms with E-state index in [-0.39, 0.29) is 12.9 Å². The van der Waals surface area contributed by atoms with Crippen LogP contribution in [0.4, 0.5) is 0 Å². The molecule has 0 spiro atoms. The Hall–Kier alpha value is -2.44. The molecule has 0 radical (unpaired) electrons. The summed E-state index contributed by atoms with van der Waals surface area (Å²) in [6, 6.07) is 11.5. The van der Waals surface area contributed by atoms with Crippen molar-refractivity contribution < 1.29 is 28.4 Å². The van der Waals surface area contributed by atoms with Crippen LogP contribution in [0.15, 0.2) is 36.4 Å². The Bertz CT molecular complexity index is 711. The van der Waals surface area contributed by atoms with Crippen molar-refractivity contribution in [3.63, 3.8) is 0 Å². The first kappa shape index (κ1) is 17.4. The van der Waals surface area contributed by atoms with E-state index in [4.69, 9.17) is 28.4 Å². The van der Waals surface area contributed by atoms with Crippen LogP contribution in [0, 0.1) is 0 Å². The highest BCUT2D eigenvalue weighted by molar-refractivity contribution is 5.45. The molecule has 1 fully saturated rings. The lowest BCUT2D eigenvalue weighted by Gasteiger charge is -2.14. The Morgan fingerprint density at radius 2 is 1.64 bits per heavy atom. The zero-order valence-electron chi connectivity index (χ0n) is 14.6. The van der Waals surface area contributed by atoms with E-state index in [1.165, 1.54) is 0 Å². The smallest absolute Gasteiger partial charge is 0.188 e. The van der Waals surface area contributed by atoms with Crippen LogP contribution >= 0.6 is 0 Å². The molecule has 2 aromatic carbocycles. The molecule has 134 valence electrons. The highest BCUT2D eigenvalue weighted by Crippen LogP contribution is 2.37. The second kappa shape index (κ2) is 8.09. The van der Waals surface area contributed by atoms with Gasteiger partial charge in [0.2, 0.25) is 0 Å². The third kappa shape index (κ3) is 4.35. The van der Waals surface area contributed by atoms with Crippen molar-refractivity contribution >= 4 is 0 Å². The molecule has 1 unspecified atom stereocenters. The van der Waals surface area contributed by atoms with Crippen LogP contribution in [0.3, 0.4) is 0 Å². The third-order valence-corrected chi connectivity index (χ3v) is 3.85. The van der Waals surface area contributed by atoms with Crippen molar-refractivity contribution in [3.05, 3.63) is 47.5 Å². The Morgan fingerprint density at radius 1 is 0.880 bits per heavy atom. The van der Waals surface area contributed by atoms with Gasteiger partial charge < -0.3 is 28.4 Å². The minimum Gasteiger partial charge on any atom is -0.493 e. The molecule has 1 aliphatic rings. The Kier molecular flexibility index (Phi) is 5.63. The lowest BCUT2D eigenvalue weighted by atomic mass is 10.1. The van der Waals surface area contributed by atoms with Gasteiger partial charge in [-0.1, -0.05) is 12.1 Å². The zero-order chi connectivity index (χ0) is 17.6. The SMILES string of the molecule is COCOc1ccc(COc2cc(C3CO3)ccc2OC)cc1OC. The predicted molar refractivity (Wildman–Crippen MR) is 91.5 cm³/mol. The lowest BCUT2D eigenvalue weighted by Crippen LogP contribution is -2.02. The number of methoxy groups -OCH3 is 3. The quantitative estimate of drug-likeness (QED) is 0.513. The molecule has 6 nitrogen and oxygen atoms in total. The predicted octanol–water partition coefficient (Wildman–Crippen LogP) is 3.34. The van der Waals surface area contributed by atoms with E-state index in [9.17, 15) is 0 Å². The topological polar surface area (TPSA) is 58.7 Å². The maximum atomic E-state index is 5.95. The van der Waals surface area contributed by atoms with Gasteiger partial charge in [0.05, 0.1) is 20.8 Å². The maximum absolute atomic E-state index is 5.95. The van der Waals surface area contributed by atoms with E-state index in [1.807, 2.05) is 36.4 Å². The van der Waals surface area contributed by atoms with Gasteiger partial charge >= 0.3 is 0 Å². The molecular weight excluding hydrogens is 324 g/mol. The second-order valence-electron chi connectivity index (χ2n) is 5.56. The van der Waals surface area contributed by atoms with E-state index in [1.54, 1.807) is 21.3 Å². The summed E-state index contributed by atoms with van der Waals surface area (Å²) in [6.07, 6.45) is 0.172. The summed E-state index contributed by atoms with van der Waals surface area (Å²) in [4.78, 5) is 0. The first-order valence-electron chi connectivity index (χ1n) is 7.96. The Balaban J connectivity index is 1.71. The zero-order valence-corrected chi connectivity index (χ0v) is 14.6. The van der Waals surface area contributed by atoms with Gasteiger partial charge in [0.1, 0.15) is 12.7 Å². The highest BCUT2D eigenvalue weighted by atomic mass is 16.7. The van der Waals surface area contributed by atoms with Gasteiger partial charge in [0.15, 0.2) is 29.8 Å². The van der Waals surface area contributed by atoms with Crippen molar-refractivity contribution in [1.82, 2.24) is 0 Å². The lowest BCUT2D eigenvalue weighted by molar-refractivity contribution is 0.0491. The summed E-state index contributed by atoms with van der Waals surface area (Å²) >= 11 is 0. The maximum Gasteiger partial charge on any atom is 0.188 e. The molecule has 2 aromatic rings. The number of epoxide rings is 1. The average Bonchev–Trinajstić information content (AvgIpc) is 3.50. The summed E-state index contributed by atoms with van der Waals surface area (Å²) in [5.74, 6) is 2.63. The molecule has 0 amide bonds. The summed E-state index contributed by atoms with van der Waals surface area (Å²) < 4.78 is 32.4. The molecule has 1 aliphatic heterocycles. The molecule has 25 heavy (non-hydrogen) atoms. The van der Waals surface area contributed by atoms with Gasteiger partial charge in [-0.25, -0.2) is 0 Å². The molecule has 0 aromatic heterocycles. The molecule has 1 atom stereocenters. The van der Waals surface area contributed by atoms with Gasteiger partial charge in [0, 0.05) is 7.11 Å². The van der Waals surface area contributed by atoms with Gasteiger partial charge in [-0.2, -0.15) is 0 Å². The first-order valence-corrected chi connectivity index (χ1v) is 7.96. The molecule has 3 rings (SSSR count). The first-order chi connectivity index (χ1) is 12.2. The second-order valence-corrected chi connectivity index (χ2v) is 5.56. The van der Waals surface area contributed by atoms with E-state index in [0.29, 0.717) is 29.6 Å². The van der Waals surface area contributed by atoms with Gasteiger partial charge in [-0.15, -0.1) is 0 Å². The average molecular weight is 346 g/mol. The fraction of sp³-hybridized carbons (Fsp3) is 0.368. The molecule has 1 heterocycles. The minimum absolute atomic E-state index is 0.166. The van der Waals surface area contributed by atoms with Crippen LogP contribution in [-0.2, 0) is 16.1 Å². The van der Waals surface area contributed by atoms with Crippen LogP contribution < -0.4 is 18.9 Å². The number of hydrogen-bond donors (Lipinski definition) is 0. The molecule has 0 bridgehead atoms. The number of benzene rings is 2. The Morgan fingerprint density at radius 3 is 2.32 bits per heavy atom. The van der Waals surface area contributed by atoms with Crippen LogP contribution in [-0.4, -0.2) is 34.7 Å². The van der Waals surface area contributed by atoms with Gasteiger partial charge in [0.25, 0.3) is 0 Å². The van der Waals surface area contributed by atoms with E-state index in [2.05, 4.69) is 0 Å². The van der Waals surface area contributed by atoms with Crippen LogP contribution in [0.5, 0.6) is 23.0 Å². The van der Waals surface area contributed by atoms with E-state index < -0.39 is 0 Å². The van der Waals surface area contributed by atoms with Crippen LogP contribution in [0.25, 0.3) is 0 Å². The van der Waals surface area contributed by atoms with Crippen LogP contribution in [0.2, 0.25) is 0 Å². The summed E-state index contributed by atoms with van der Waals surface area (Å²) in [7, 11) is 4.80. The van der Waals surface area contributed by atoms with Crippen LogP contribution in [0.1, 0.15) is 17.2 Å². The third-order valence-electron chi connectivity index (χ3n) is 3.85. The monoisotopic (exact) mass is 346 g/mol. The van der Waals surface area contributed by atoms with E-state index >= 15 is 0 Å². The van der Waals surface area contributed by atoms with Gasteiger partial charge in [-0.05, 0) is 35.4 Å². The number of ether oxygens (including phenoxy) is 6. The molecule has 6 heteroatoms. The molecule has 1 saturated heterocycles. The van der Waals surface area contributed by atoms with E-state index in [0.717, 1.165) is 17.7 Å². The summed E-state index contributed by atoms with van der Waals surface area (Å²) in [5.41, 5.74) is 2.05. The Labute approximate surface area is 147 Å². The van der Waals surface area contributed by atoms with Crippen molar-refractivity contribution in [2.24, 2.45) is 0 Å². The molecule has 0 aliphatic carbocycles. The molecule has 0 saturated carbocycles. The highest BCUT2D eigenvalue weighted by Gasteiger charge is 2.25. The molecule has 0 N–H and O–H groups in total. The van der Waals surface area contributed by atoms with Crippen molar-refractivity contribution in [2.75, 3.05) is 34.7 Å². The molecular formula is C19H22O6.